The van der Waals surface area contributed by atoms with Gasteiger partial charge in [-0.2, -0.15) is 0 Å². The fraction of sp³-hybridized carbons (Fsp3) is 0.421. The number of ether oxygens (including phenoxy) is 1. The number of halogens is 1. The van der Waals surface area contributed by atoms with E-state index in [-0.39, 0.29) is 30.2 Å². The molecular weight excluding hydrogens is 372 g/mol. The topological polar surface area (TPSA) is 88.8 Å². The average Bonchev–Trinajstić information content (AvgIpc) is 3.06. The molecule has 8 heteroatoms. The number of nitrogens with zero attached hydrogens (tertiary/aromatic N) is 1. The summed E-state index contributed by atoms with van der Waals surface area (Å²) in [7, 11) is 0. The lowest BCUT2D eigenvalue weighted by atomic mass is 10.1. The molecule has 1 saturated heterocycles. The maximum Gasteiger partial charge on any atom is 0.339 e. The molecule has 7 nitrogen and oxygen atoms in total. The van der Waals surface area contributed by atoms with Gasteiger partial charge in [0.05, 0.1) is 5.02 Å². The third kappa shape index (κ3) is 4.08. The summed E-state index contributed by atoms with van der Waals surface area (Å²) in [6.45, 7) is 5.81. The van der Waals surface area contributed by atoms with E-state index >= 15 is 0 Å². The molecule has 2 aromatic rings. The van der Waals surface area contributed by atoms with E-state index in [1.807, 2.05) is 6.92 Å². The van der Waals surface area contributed by atoms with Gasteiger partial charge >= 0.3 is 5.63 Å². The lowest BCUT2D eigenvalue weighted by Gasteiger charge is -2.17. The Kier molecular flexibility index (Phi) is 5.41. The number of benzene rings is 1. The molecule has 1 fully saturated rings. The largest absolute Gasteiger partial charge is 0.482 e. The van der Waals surface area contributed by atoms with E-state index in [9.17, 15) is 14.4 Å². The summed E-state index contributed by atoms with van der Waals surface area (Å²) in [4.78, 5) is 37.0. The second-order valence-electron chi connectivity index (χ2n) is 6.73. The summed E-state index contributed by atoms with van der Waals surface area (Å²) in [6, 6.07) is 3.17. The van der Waals surface area contributed by atoms with Gasteiger partial charge in [-0.1, -0.05) is 11.6 Å². The Morgan fingerprint density at radius 1 is 1.33 bits per heavy atom. The van der Waals surface area contributed by atoms with Crippen LogP contribution in [-0.2, 0) is 9.59 Å². The highest BCUT2D eigenvalue weighted by molar-refractivity contribution is 6.32. The third-order valence-corrected chi connectivity index (χ3v) is 5.10. The Morgan fingerprint density at radius 2 is 2.07 bits per heavy atom. The number of hydrogen-bond acceptors (Lipinski definition) is 5. The Morgan fingerprint density at radius 3 is 2.78 bits per heavy atom. The van der Waals surface area contributed by atoms with Crippen molar-refractivity contribution in [3.05, 3.63) is 38.7 Å². The minimum absolute atomic E-state index is 0.0313. The van der Waals surface area contributed by atoms with Crippen LogP contribution in [0.2, 0.25) is 5.02 Å². The Labute approximate surface area is 161 Å². The quantitative estimate of drug-likeness (QED) is 0.805. The standard InChI is InChI=1S/C19H21ClN2O5/c1-10-11(2)19(25)27-16-7-17(15(20)6-14(10)16)26-9-18(24)22-5-4-13(8-22)21-12(3)23/h6-7,13H,4-5,8-9H2,1-3H3,(H,21,23). The van der Waals surface area contributed by atoms with Crippen molar-refractivity contribution in [1.29, 1.82) is 0 Å². The second-order valence-corrected chi connectivity index (χ2v) is 7.14. The summed E-state index contributed by atoms with van der Waals surface area (Å²) in [5.41, 5.74) is 1.28. The predicted octanol–water partition coefficient (Wildman–Crippen LogP) is 2.18. The van der Waals surface area contributed by atoms with Crippen LogP contribution < -0.4 is 15.7 Å². The van der Waals surface area contributed by atoms with Gasteiger partial charge in [-0.25, -0.2) is 4.79 Å². The van der Waals surface area contributed by atoms with E-state index in [2.05, 4.69) is 5.32 Å². The number of likely N-dealkylation sites (tertiary alicyclic amines) is 1. The number of fused-ring (bicyclic) bond motifs is 1. The van der Waals surface area contributed by atoms with E-state index < -0.39 is 5.63 Å². The van der Waals surface area contributed by atoms with Crippen LogP contribution in [0.4, 0.5) is 0 Å². The Hall–Kier alpha value is -2.54. The minimum atomic E-state index is -0.412. The van der Waals surface area contributed by atoms with Crippen LogP contribution in [0.5, 0.6) is 5.75 Å². The molecule has 0 bridgehead atoms. The van der Waals surface area contributed by atoms with E-state index in [4.69, 9.17) is 20.8 Å². The number of aryl methyl sites for hydroxylation is 1. The molecule has 1 unspecified atom stereocenters. The summed E-state index contributed by atoms with van der Waals surface area (Å²) >= 11 is 6.27. The first-order valence-corrected chi connectivity index (χ1v) is 9.05. The summed E-state index contributed by atoms with van der Waals surface area (Å²) in [6.07, 6.45) is 0.714. The van der Waals surface area contributed by atoms with Crippen LogP contribution in [0.15, 0.2) is 21.3 Å². The zero-order valence-corrected chi connectivity index (χ0v) is 16.2. The molecule has 0 aliphatic carbocycles. The molecule has 2 heterocycles. The maximum absolute atomic E-state index is 12.3. The predicted molar refractivity (Wildman–Crippen MR) is 101 cm³/mol. The lowest BCUT2D eigenvalue weighted by molar-refractivity contribution is -0.132. The molecule has 0 radical (unpaired) electrons. The number of carbonyl (C=O) groups excluding carboxylic acids is 2. The van der Waals surface area contributed by atoms with Crippen molar-refractivity contribution in [3.8, 4) is 5.75 Å². The van der Waals surface area contributed by atoms with Crippen molar-refractivity contribution in [1.82, 2.24) is 10.2 Å². The molecule has 0 spiro atoms. The molecule has 1 aliphatic rings. The Balaban J connectivity index is 1.71. The summed E-state index contributed by atoms with van der Waals surface area (Å²) in [5, 5.41) is 3.88. The summed E-state index contributed by atoms with van der Waals surface area (Å²) in [5.74, 6) is -0.0254. The van der Waals surface area contributed by atoms with Crippen molar-refractivity contribution in [2.45, 2.75) is 33.2 Å². The van der Waals surface area contributed by atoms with Gasteiger partial charge in [-0.15, -0.1) is 0 Å². The highest BCUT2D eigenvalue weighted by Crippen LogP contribution is 2.31. The van der Waals surface area contributed by atoms with Gasteiger partial charge in [-0.3, -0.25) is 9.59 Å². The van der Waals surface area contributed by atoms with Gasteiger partial charge in [0.2, 0.25) is 5.91 Å². The van der Waals surface area contributed by atoms with Crippen LogP contribution in [0, 0.1) is 13.8 Å². The molecule has 3 rings (SSSR count). The van der Waals surface area contributed by atoms with Crippen LogP contribution in [0.1, 0.15) is 24.5 Å². The Bertz CT molecular complexity index is 969. The number of carbonyl (C=O) groups is 2. The van der Waals surface area contributed by atoms with Gasteiger partial charge in [-0.05, 0) is 31.9 Å². The van der Waals surface area contributed by atoms with Crippen LogP contribution in [0.25, 0.3) is 11.0 Å². The second kappa shape index (κ2) is 7.60. The highest BCUT2D eigenvalue weighted by atomic mass is 35.5. The van der Waals surface area contributed by atoms with Gasteiger partial charge < -0.3 is 19.4 Å². The molecule has 144 valence electrons. The molecule has 1 aromatic carbocycles. The normalized spacial score (nSPS) is 16.6. The van der Waals surface area contributed by atoms with Gasteiger partial charge in [0, 0.05) is 43.1 Å². The van der Waals surface area contributed by atoms with Crippen molar-refractivity contribution in [2.75, 3.05) is 19.7 Å². The maximum atomic E-state index is 12.3. The van der Waals surface area contributed by atoms with Crippen LogP contribution in [0.3, 0.4) is 0 Å². The van der Waals surface area contributed by atoms with E-state index in [0.717, 1.165) is 10.9 Å². The highest BCUT2D eigenvalue weighted by Gasteiger charge is 2.27. The monoisotopic (exact) mass is 392 g/mol. The molecule has 1 aromatic heterocycles. The number of nitrogens with one attached hydrogen (secondary N) is 1. The van der Waals surface area contributed by atoms with Crippen LogP contribution >= 0.6 is 11.6 Å². The minimum Gasteiger partial charge on any atom is -0.482 e. The first-order valence-electron chi connectivity index (χ1n) is 8.67. The fourth-order valence-electron chi connectivity index (χ4n) is 3.18. The van der Waals surface area contributed by atoms with Crippen molar-refractivity contribution >= 4 is 34.4 Å². The first kappa shape index (κ1) is 19.2. The zero-order chi connectivity index (χ0) is 19.7. The van der Waals surface area contributed by atoms with E-state index in [1.54, 1.807) is 17.9 Å². The average molecular weight is 393 g/mol. The van der Waals surface area contributed by atoms with Crippen LogP contribution in [-0.4, -0.2) is 42.5 Å². The molecular formula is C19H21ClN2O5. The molecule has 1 atom stereocenters. The molecule has 2 amide bonds. The molecule has 27 heavy (non-hydrogen) atoms. The number of rotatable bonds is 4. The first-order chi connectivity index (χ1) is 12.8. The van der Waals surface area contributed by atoms with Gasteiger partial charge in [0.25, 0.3) is 5.91 Å². The van der Waals surface area contributed by atoms with Crippen molar-refractivity contribution < 1.29 is 18.7 Å². The van der Waals surface area contributed by atoms with Crippen molar-refractivity contribution in [2.24, 2.45) is 0 Å². The third-order valence-electron chi connectivity index (χ3n) is 4.81. The lowest BCUT2D eigenvalue weighted by Crippen LogP contribution is -2.38. The van der Waals surface area contributed by atoms with Crippen molar-refractivity contribution in [3.63, 3.8) is 0 Å². The van der Waals surface area contributed by atoms with E-state index in [0.29, 0.717) is 35.7 Å². The zero-order valence-electron chi connectivity index (χ0n) is 15.4. The summed E-state index contributed by atoms with van der Waals surface area (Å²) < 4.78 is 10.9. The van der Waals surface area contributed by atoms with E-state index in [1.165, 1.54) is 13.0 Å². The SMILES string of the molecule is CC(=O)NC1CCN(C(=O)COc2cc3oc(=O)c(C)c(C)c3cc2Cl)C1. The number of amides is 2. The van der Waals surface area contributed by atoms with Gasteiger partial charge in [0.1, 0.15) is 11.3 Å². The molecule has 1 aliphatic heterocycles. The number of hydrogen-bond donors (Lipinski definition) is 1. The molecule has 1 N–H and O–H groups in total. The van der Waals surface area contributed by atoms with Gasteiger partial charge in [0.15, 0.2) is 6.61 Å². The smallest absolute Gasteiger partial charge is 0.339 e. The fourth-order valence-corrected chi connectivity index (χ4v) is 3.40. The molecule has 0 saturated carbocycles.